The first-order valence-corrected chi connectivity index (χ1v) is 4.26. The van der Waals surface area contributed by atoms with E-state index in [9.17, 15) is 9.59 Å². The minimum Gasteiger partial charge on any atom is -0.341 e. The molecule has 3 N–H and O–H groups in total. The number of hydrogen-bond donors (Lipinski definition) is 3. The van der Waals surface area contributed by atoms with Crippen molar-refractivity contribution in [2.75, 3.05) is 7.05 Å². The fraction of sp³-hybridized carbons (Fsp3) is 0.750. The van der Waals surface area contributed by atoms with E-state index < -0.39 is 6.03 Å². The van der Waals surface area contributed by atoms with E-state index in [1.807, 2.05) is 13.8 Å². The zero-order valence-corrected chi connectivity index (χ0v) is 8.47. The molecule has 0 heterocycles. The van der Waals surface area contributed by atoms with Crippen LogP contribution in [0.2, 0.25) is 0 Å². The summed E-state index contributed by atoms with van der Waals surface area (Å²) in [5, 5.41) is 7.47. The van der Waals surface area contributed by atoms with Crippen molar-refractivity contribution in [3.8, 4) is 0 Å². The molecule has 5 heteroatoms. The van der Waals surface area contributed by atoms with Crippen LogP contribution in [-0.2, 0) is 4.79 Å². The summed E-state index contributed by atoms with van der Waals surface area (Å²) < 4.78 is 0. The molecule has 1 atom stereocenters. The van der Waals surface area contributed by atoms with Gasteiger partial charge in [0.05, 0.1) is 6.04 Å². The molecule has 3 amide bonds. The first kappa shape index (κ1) is 11.9. The second kappa shape index (κ2) is 5.53. The van der Waals surface area contributed by atoms with Crippen LogP contribution in [0.15, 0.2) is 0 Å². The van der Waals surface area contributed by atoms with Crippen molar-refractivity contribution in [3.05, 3.63) is 0 Å². The van der Waals surface area contributed by atoms with Gasteiger partial charge in [-0.1, -0.05) is 13.8 Å². The number of rotatable bonds is 3. The Labute approximate surface area is 78.3 Å². The Bertz CT molecular complexity index is 192. The van der Waals surface area contributed by atoms with Gasteiger partial charge >= 0.3 is 6.03 Å². The van der Waals surface area contributed by atoms with Crippen LogP contribution in [0.1, 0.15) is 20.8 Å². The van der Waals surface area contributed by atoms with Gasteiger partial charge in [0.1, 0.15) is 0 Å². The summed E-state index contributed by atoms with van der Waals surface area (Å²) in [4.78, 5) is 22.0. The van der Waals surface area contributed by atoms with Gasteiger partial charge in [0, 0.05) is 13.1 Å². The van der Waals surface area contributed by atoms with Crippen molar-refractivity contribution in [2.45, 2.75) is 32.9 Å². The van der Waals surface area contributed by atoms with Gasteiger partial charge in [0.15, 0.2) is 0 Å². The third kappa shape index (κ3) is 5.19. The highest BCUT2D eigenvalue weighted by molar-refractivity contribution is 5.96. The van der Waals surface area contributed by atoms with Gasteiger partial charge in [-0.25, -0.2) is 4.79 Å². The van der Waals surface area contributed by atoms with Crippen LogP contribution in [0.25, 0.3) is 0 Å². The van der Waals surface area contributed by atoms with E-state index in [4.69, 9.17) is 0 Å². The summed E-state index contributed by atoms with van der Waals surface area (Å²) >= 11 is 0. The molecule has 0 saturated heterocycles. The SMILES string of the molecule is CNC(=O)NC(=O)C(C)NC(C)C. The number of urea groups is 1. The minimum atomic E-state index is -0.484. The molecule has 5 nitrogen and oxygen atoms in total. The fourth-order valence-corrected chi connectivity index (χ4v) is 0.858. The van der Waals surface area contributed by atoms with Crippen molar-refractivity contribution in [1.29, 1.82) is 0 Å². The van der Waals surface area contributed by atoms with E-state index >= 15 is 0 Å². The zero-order valence-electron chi connectivity index (χ0n) is 8.47. The molecule has 13 heavy (non-hydrogen) atoms. The maximum absolute atomic E-state index is 11.2. The molecule has 0 aliphatic rings. The first-order chi connectivity index (χ1) is 5.97. The van der Waals surface area contributed by atoms with Gasteiger partial charge in [0.25, 0.3) is 0 Å². The Morgan fingerprint density at radius 1 is 1.15 bits per heavy atom. The van der Waals surface area contributed by atoms with E-state index in [1.54, 1.807) is 6.92 Å². The molecule has 0 aromatic heterocycles. The maximum atomic E-state index is 11.2. The number of carbonyl (C=O) groups excluding carboxylic acids is 2. The predicted octanol–water partition coefficient (Wildman–Crippen LogP) is -0.171. The lowest BCUT2D eigenvalue weighted by atomic mass is 10.2. The highest BCUT2D eigenvalue weighted by Crippen LogP contribution is 1.85. The lowest BCUT2D eigenvalue weighted by Gasteiger charge is -2.15. The Morgan fingerprint density at radius 3 is 2.08 bits per heavy atom. The van der Waals surface area contributed by atoms with Crippen LogP contribution in [0.4, 0.5) is 4.79 Å². The van der Waals surface area contributed by atoms with Crippen LogP contribution in [0.5, 0.6) is 0 Å². The Hall–Kier alpha value is -1.10. The van der Waals surface area contributed by atoms with Crippen LogP contribution in [-0.4, -0.2) is 31.1 Å². The summed E-state index contributed by atoms with van der Waals surface area (Å²) in [5.74, 6) is -0.326. The topological polar surface area (TPSA) is 70.2 Å². The average molecular weight is 187 g/mol. The van der Waals surface area contributed by atoms with Crippen molar-refractivity contribution >= 4 is 11.9 Å². The summed E-state index contributed by atoms with van der Waals surface area (Å²) in [6.45, 7) is 5.58. The summed E-state index contributed by atoms with van der Waals surface area (Å²) in [7, 11) is 1.46. The third-order valence-corrected chi connectivity index (χ3v) is 1.44. The number of nitrogens with one attached hydrogen (secondary N) is 3. The molecule has 0 saturated carbocycles. The molecule has 0 bridgehead atoms. The van der Waals surface area contributed by atoms with Gasteiger partial charge < -0.3 is 10.6 Å². The largest absolute Gasteiger partial charge is 0.341 e. The van der Waals surface area contributed by atoms with Crippen molar-refractivity contribution in [1.82, 2.24) is 16.0 Å². The second-order valence-electron chi connectivity index (χ2n) is 3.11. The van der Waals surface area contributed by atoms with E-state index in [-0.39, 0.29) is 18.0 Å². The number of hydrogen-bond acceptors (Lipinski definition) is 3. The third-order valence-electron chi connectivity index (χ3n) is 1.44. The van der Waals surface area contributed by atoms with Crippen molar-refractivity contribution in [3.63, 3.8) is 0 Å². The molecule has 0 aromatic rings. The quantitative estimate of drug-likeness (QED) is 0.574. The lowest BCUT2D eigenvalue weighted by Crippen LogP contribution is -2.48. The van der Waals surface area contributed by atoms with Gasteiger partial charge in [0.2, 0.25) is 5.91 Å². The second-order valence-corrected chi connectivity index (χ2v) is 3.11. The van der Waals surface area contributed by atoms with E-state index in [1.165, 1.54) is 7.05 Å². The molecule has 0 rings (SSSR count). The molecule has 0 aromatic carbocycles. The summed E-state index contributed by atoms with van der Waals surface area (Å²) in [5.41, 5.74) is 0. The Balaban J connectivity index is 3.89. The molecule has 76 valence electrons. The van der Waals surface area contributed by atoms with Crippen LogP contribution in [0, 0.1) is 0 Å². The van der Waals surface area contributed by atoms with E-state index in [0.717, 1.165) is 0 Å². The van der Waals surface area contributed by atoms with Gasteiger partial charge in [-0.15, -0.1) is 0 Å². The minimum absolute atomic E-state index is 0.213. The predicted molar refractivity (Wildman–Crippen MR) is 50.3 cm³/mol. The lowest BCUT2D eigenvalue weighted by molar-refractivity contribution is -0.121. The monoisotopic (exact) mass is 187 g/mol. The van der Waals surface area contributed by atoms with E-state index in [0.29, 0.717) is 0 Å². The van der Waals surface area contributed by atoms with Crippen molar-refractivity contribution in [2.24, 2.45) is 0 Å². The average Bonchev–Trinajstić information content (AvgIpc) is 2.02. The first-order valence-electron chi connectivity index (χ1n) is 4.26. The summed E-state index contributed by atoms with van der Waals surface area (Å²) in [6.07, 6.45) is 0. The Morgan fingerprint density at radius 2 is 1.69 bits per heavy atom. The molecular formula is C8H17N3O2. The van der Waals surface area contributed by atoms with E-state index in [2.05, 4.69) is 16.0 Å². The standard InChI is InChI=1S/C8H17N3O2/c1-5(2)10-6(3)7(12)11-8(13)9-4/h5-6,10H,1-4H3,(H2,9,11,12,13). The molecule has 0 aliphatic heterocycles. The van der Waals surface area contributed by atoms with Gasteiger partial charge in [-0.3, -0.25) is 10.1 Å². The number of amides is 3. The Kier molecular flexibility index (Phi) is 5.06. The van der Waals surface area contributed by atoms with Gasteiger partial charge in [-0.05, 0) is 6.92 Å². The summed E-state index contributed by atoms with van der Waals surface area (Å²) in [6, 6.07) is -0.634. The van der Waals surface area contributed by atoms with Crippen LogP contribution >= 0.6 is 0 Å². The highest BCUT2D eigenvalue weighted by Gasteiger charge is 2.14. The molecule has 0 fully saturated rings. The molecule has 1 unspecified atom stereocenters. The molecule has 0 aliphatic carbocycles. The van der Waals surface area contributed by atoms with Crippen LogP contribution < -0.4 is 16.0 Å². The van der Waals surface area contributed by atoms with Crippen LogP contribution in [0.3, 0.4) is 0 Å². The fourth-order valence-electron chi connectivity index (χ4n) is 0.858. The smallest absolute Gasteiger partial charge is 0.321 e. The maximum Gasteiger partial charge on any atom is 0.321 e. The molecule has 0 spiro atoms. The molecular weight excluding hydrogens is 170 g/mol. The molecule has 0 radical (unpaired) electrons. The number of imide groups is 1. The zero-order chi connectivity index (χ0) is 10.4. The van der Waals surface area contributed by atoms with Gasteiger partial charge in [-0.2, -0.15) is 0 Å². The van der Waals surface area contributed by atoms with Crippen molar-refractivity contribution < 1.29 is 9.59 Å². The normalized spacial score (nSPS) is 12.4. The number of carbonyl (C=O) groups is 2. The highest BCUT2D eigenvalue weighted by atomic mass is 16.2.